The molecule has 2 nitrogen and oxygen atoms in total. The number of hydrogen-bond acceptors (Lipinski definition) is 2. The van der Waals surface area contributed by atoms with Gasteiger partial charge in [-0.1, -0.05) is 109 Å². The molecule has 0 fully saturated rings. The molecular formula is C40H56N2Pd. The topological polar surface area (TPSA) is 24.7 Å². The zero-order chi connectivity index (χ0) is 30.1. The molecule has 43 heavy (non-hydrogen) atoms. The largest absolute Gasteiger partial charge is 0.251 e. The van der Waals surface area contributed by atoms with Gasteiger partial charge in [0.1, 0.15) is 0 Å². The van der Waals surface area contributed by atoms with Gasteiger partial charge in [0, 0.05) is 46.1 Å². The van der Waals surface area contributed by atoms with Crippen LogP contribution >= 0.6 is 0 Å². The summed E-state index contributed by atoms with van der Waals surface area (Å²) in [4.78, 5) is 10.5. The smallest absolute Gasteiger partial charge is 0.0666 e. The second kappa shape index (κ2) is 26.0. The molecule has 0 unspecified atom stereocenters. The van der Waals surface area contributed by atoms with Crippen molar-refractivity contribution in [1.29, 1.82) is 0 Å². The van der Waals surface area contributed by atoms with Gasteiger partial charge in [-0.2, -0.15) is 0 Å². The Kier molecular flexibility index (Phi) is 23.3. The van der Waals surface area contributed by atoms with E-state index in [1.165, 1.54) is 62.5 Å². The van der Waals surface area contributed by atoms with Crippen LogP contribution in [0.3, 0.4) is 0 Å². The molecule has 236 valence electrons. The fourth-order valence-corrected chi connectivity index (χ4v) is 4.94. The summed E-state index contributed by atoms with van der Waals surface area (Å²) in [6, 6.07) is 17.2. The van der Waals surface area contributed by atoms with Gasteiger partial charge in [-0.15, -0.1) is 23.7 Å². The predicted octanol–water partition coefficient (Wildman–Crippen LogP) is 11.9. The van der Waals surface area contributed by atoms with E-state index in [1.54, 1.807) is 0 Å². The van der Waals surface area contributed by atoms with Crippen LogP contribution in [0.15, 0.2) is 58.5 Å². The van der Waals surface area contributed by atoms with Gasteiger partial charge in [-0.3, -0.25) is 9.98 Å². The third-order valence-corrected chi connectivity index (χ3v) is 7.53. The van der Waals surface area contributed by atoms with Gasteiger partial charge in [0.15, 0.2) is 0 Å². The summed E-state index contributed by atoms with van der Waals surface area (Å²) in [7, 11) is 0. The molecule has 0 spiro atoms. The zero-order valence-electron chi connectivity index (χ0n) is 27.6. The Hall–Kier alpha value is -2.44. The van der Waals surface area contributed by atoms with Gasteiger partial charge < -0.3 is 0 Å². The van der Waals surface area contributed by atoms with Crippen molar-refractivity contribution < 1.29 is 20.4 Å². The number of benzene rings is 2. The maximum Gasteiger partial charge on any atom is 0.0666 e. The Morgan fingerprint density at radius 3 is 1.42 bits per heavy atom. The van der Waals surface area contributed by atoms with Crippen molar-refractivity contribution in [3.05, 3.63) is 59.7 Å². The predicted molar refractivity (Wildman–Crippen MR) is 187 cm³/mol. The average Bonchev–Trinajstić information content (AvgIpc) is 3.02. The minimum Gasteiger partial charge on any atom is -0.251 e. The fourth-order valence-electron chi connectivity index (χ4n) is 4.94. The molecule has 3 heteroatoms. The monoisotopic (exact) mass is 670 g/mol. The van der Waals surface area contributed by atoms with Crippen LogP contribution in [0, 0.1) is 23.7 Å². The van der Waals surface area contributed by atoms with E-state index in [2.05, 4.69) is 99.9 Å². The van der Waals surface area contributed by atoms with Crippen molar-refractivity contribution in [2.24, 2.45) is 9.98 Å². The maximum atomic E-state index is 5.27. The van der Waals surface area contributed by atoms with E-state index in [1.807, 2.05) is 0 Å². The quantitative estimate of drug-likeness (QED) is 0.0615. The van der Waals surface area contributed by atoms with E-state index in [0.29, 0.717) is 0 Å². The summed E-state index contributed by atoms with van der Waals surface area (Å²) >= 11 is 0. The third kappa shape index (κ3) is 16.8. The summed E-state index contributed by atoms with van der Waals surface area (Å²) in [6.45, 7) is 8.95. The Morgan fingerprint density at radius 1 is 0.512 bits per heavy atom. The molecule has 0 bridgehead atoms. The first-order valence-electron chi connectivity index (χ1n) is 17.0. The van der Waals surface area contributed by atoms with Crippen molar-refractivity contribution in [3.63, 3.8) is 0 Å². The number of para-hydroxylation sites is 2. The summed E-state index contributed by atoms with van der Waals surface area (Å²) in [5, 5.41) is 0. The van der Waals surface area contributed by atoms with E-state index in [-0.39, 0.29) is 20.4 Å². The molecule has 0 aliphatic carbocycles. The number of aliphatic imine (C=N–C) groups is 2. The van der Waals surface area contributed by atoms with Crippen LogP contribution in [0.2, 0.25) is 0 Å². The van der Waals surface area contributed by atoms with E-state index in [9.17, 15) is 0 Å². The van der Waals surface area contributed by atoms with Gasteiger partial charge in [0.2, 0.25) is 0 Å². The summed E-state index contributed by atoms with van der Waals surface area (Å²) < 4.78 is 0. The van der Waals surface area contributed by atoms with Crippen LogP contribution in [-0.2, 0) is 33.3 Å². The standard InChI is InChI=1S/C40H56N2.Pd/c1-5-9-12-14-16-18-20-22-28-35-30-24-26-33-38(35)41-37(8-4)40(32-11-7-3)42-39-34-27-25-31-36(39)29-23-21-19-17-15-13-10-6-2;/h24-27,30-31,33-34H,5-17,22-23,28-29,32H2,1-4H3;/b41-37+,42-40-;. The first-order valence-corrected chi connectivity index (χ1v) is 17.0. The number of unbranched alkanes of at least 4 members (excludes halogenated alkanes) is 9. The molecule has 0 aromatic heterocycles. The second-order valence-corrected chi connectivity index (χ2v) is 11.2. The first-order chi connectivity index (χ1) is 20.7. The van der Waals surface area contributed by atoms with Gasteiger partial charge in [-0.05, 0) is 68.2 Å². The summed E-state index contributed by atoms with van der Waals surface area (Å²) in [5.74, 6) is 13.6. The number of aryl methyl sites for hydroxylation is 2. The van der Waals surface area contributed by atoms with Crippen molar-refractivity contribution >= 4 is 22.8 Å². The van der Waals surface area contributed by atoms with Crippen LogP contribution in [-0.4, -0.2) is 11.4 Å². The van der Waals surface area contributed by atoms with Gasteiger partial charge in [0.25, 0.3) is 0 Å². The summed E-state index contributed by atoms with van der Waals surface area (Å²) in [6.07, 6.45) is 19.9. The van der Waals surface area contributed by atoms with E-state index in [0.717, 1.165) is 87.0 Å². The molecule has 0 amide bonds. The molecule has 0 N–H and O–H groups in total. The summed E-state index contributed by atoms with van der Waals surface area (Å²) in [5.41, 5.74) is 6.89. The van der Waals surface area contributed by atoms with Gasteiger partial charge in [-0.25, -0.2) is 0 Å². The maximum absolute atomic E-state index is 5.27. The van der Waals surface area contributed by atoms with Crippen LogP contribution in [0.1, 0.15) is 142 Å². The van der Waals surface area contributed by atoms with Crippen LogP contribution in [0.4, 0.5) is 11.4 Å². The Bertz CT molecular complexity index is 1200. The van der Waals surface area contributed by atoms with E-state index in [4.69, 9.17) is 9.98 Å². The number of nitrogens with zero attached hydrogens (tertiary/aromatic N) is 2. The molecule has 2 aromatic rings. The van der Waals surface area contributed by atoms with Crippen LogP contribution < -0.4 is 0 Å². The SMILES string of the molecule is CCCCCCC#CCCc1ccccc1/N=C(CCCC)\C(CC)=N\c1ccccc1CCC#CCCCCCC.[Pd]. The minimum absolute atomic E-state index is 0. The van der Waals surface area contributed by atoms with Crippen molar-refractivity contribution in [2.75, 3.05) is 0 Å². The zero-order valence-corrected chi connectivity index (χ0v) is 29.1. The van der Waals surface area contributed by atoms with Crippen molar-refractivity contribution in [1.82, 2.24) is 0 Å². The first kappa shape index (κ1) is 38.6. The van der Waals surface area contributed by atoms with Crippen molar-refractivity contribution in [2.45, 2.75) is 143 Å². The normalized spacial score (nSPS) is 11.3. The molecule has 0 atom stereocenters. The minimum atomic E-state index is 0. The molecule has 0 saturated carbocycles. The number of rotatable bonds is 19. The Balaban J connectivity index is 0.00000924. The number of hydrogen-bond donors (Lipinski definition) is 0. The Labute approximate surface area is 278 Å². The van der Waals surface area contributed by atoms with Crippen LogP contribution in [0.25, 0.3) is 0 Å². The molecule has 2 rings (SSSR count). The third-order valence-electron chi connectivity index (χ3n) is 7.53. The van der Waals surface area contributed by atoms with Gasteiger partial charge >= 0.3 is 0 Å². The van der Waals surface area contributed by atoms with Crippen molar-refractivity contribution in [3.8, 4) is 23.7 Å². The fraction of sp³-hybridized carbons (Fsp3) is 0.550. The average molecular weight is 671 g/mol. The Morgan fingerprint density at radius 2 is 0.953 bits per heavy atom. The molecule has 0 aliphatic heterocycles. The second-order valence-electron chi connectivity index (χ2n) is 11.2. The van der Waals surface area contributed by atoms with E-state index < -0.39 is 0 Å². The molecule has 0 radical (unpaired) electrons. The van der Waals surface area contributed by atoms with Crippen LogP contribution in [0.5, 0.6) is 0 Å². The van der Waals surface area contributed by atoms with Gasteiger partial charge in [0.05, 0.1) is 22.8 Å². The molecule has 0 aliphatic rings. The molecule has 0 saturated heterocycles. The molecular weight excluding hydrogens is 615 g/mol. The van der Waals surface area contributed by atoms with E-state index >= 15 is 0 Å². The molecule has 2 aromatic carbocycles. The molecule has 0 heterocycles.